The average Bonchev–Trinajstić information content (AvgIpc) is 2.10. The van der Waals surface area contributed by atoms with Gasteiger partial charge in [-0.15, -0.1) is 0 Å². The Morgan fingerprint density at radius 1 is 1.41 bits per heavy atom. The monoisotopic (exact) mass is 242 g/mol. The van der Waals surface area contributed by atoms with Crippen molar-refractivity contribution in [3.8, 4) is 0 Å². The summed E-state index contributed by atoms with van der Waals surface area (Å²) >= 11 is 0. The third-order valence-electron chi connectivity index (χ3n) is 2.82. The maximum absolute atomic E-state index is 11.6. The molecule has 4 nitrogen and oxygen atoms in total. The standard InChI is InChI=1S/C13H26N2O2/c1-10-7-11(14)9-15(8-10)6-5-12(16)17-13(2,3)4/h10-11H,5-9,14H2,1-4H3. The first-order valence-corrected chi connectivity index (χ1v) is 6.46. The first-order chi connectivity index (χ1) is 7.76. The zero-order valence-corrected chi connectivity index (χ0v) is 11.5. The Morgan fingerprint density at radius 2 is 2.06 bits per heavy atom. The Hall–Kier alpha value is -0.610. The van der Waals surface area contributed by atoms with Crippen molar-refractivity contribution in [2.24, 2.45) is 11.7 Å². The van der Waals surface area contributed by atoms with E-state index < -0.39 is 0 Å². The molecule has 0 aromatic rings. The number of likely N-dealkylation sites (tertiary alicyclic amines) is 1. The van der Waals surface area contributed by atoms with Crippen molar-refractivity contribution in [2.75, 3.05) is 19.6 Å². The number of carbonyl (C=O) groups is 1. The lowest BCUT2D eigenvalue weighted by molar-refractivity contribution is -0.155. The highest BCUT2D eigenvalue weighted by molar-refractivity contribution is 5.70. The number of carbonyl (C=O) groups excluding carboxylic acids is 1. The van der Waals surface area contributed by atoms with Gasteiger partial charge in [0.25, 0.3) is 0 Å². The first kappa shape index (κ1) is 14.5. The zero-order valence-electron chi connectivity index (χ0n) is 11.5. The van der Waals surface area contributed by atoms with Crippen LogP contribution in [-0.4, -0.2) is 42.1 Å². The molecule has 2 atom stereocenters. The third kappa shape index (κ3) is 6.03. The first-order valence-electron chi connectivity index (χ1n) is 6.46. The Morgan fingerprint density at radius 3 is 2.59 bits per heavy atom. The van der Waals surface area contributed by atoms with E-state index >= 15 is 0 Å². The number of rotatable bonds is 3. The molecule has 1 aliphatic rings. The lowest BCUT2D eigenvalue weighted by atomic mass is 9.96. The summed E-state index contributed by atoms with van der Waals surface area (Å²) in [7, 11) is 0. The molecule has 2 unspecified atom stereocenters. The zero-order chi connectivity index (χ0) is 13.1. The van der Waals surface area contributed by atoms with Crippen LogP contribution >= 0.6 is 0 Å². The van der Waals surface area contributed by atoms with Crippen LogP contribution < -0.4 is 5.73 Å². The van der Waals surface area contributed by atoms with Gasteiger partial charge in [0, 0.05) is 25.7 Å². The molecular formula is C13H26N2O2. The quantitative estimate of drug-likeness (QED) is 0.760. The molecule has 0 spiro atoms. The number of ether oxygens (including phenoxy) is 1. The summed E-state index contributed by atoms with van der Waals surface area (Å²) < 4.78 is 5.29. The van der Waals surface area contributed by atoms with E-state index in [1.807, 2.05) is 20.8 Å². The van der Waals surface area contributed by atoms with Crippen LogP contribution in [0.15, 0.2) is 0 Å². The Kier molecular flexibility index (Phi) is 4.95. The molecule has 1 aliphatic heterocycles. The molecule has 0 aliphatic carbocycles. The maximum Gasteiger partial charge on any atom is 0.307 e. The molecule has 0 amide bonds. The van der Waals surface area contributed by atoms with Crippen molar-refractivity contribution in [1.29, 1.82) is 0 Å². The highest BCUT2D eigenvalue weighted by Crippen LogP contribution is 2.15. The van der Waals surface area contributed by atoms with Gasteiger partial charge in [0.2, 0.25) is 0 Å². The molecule has 4 heteroatoms. The van der Waals surface area contributed by atoms with Crippen molar-refractivity contribution in [3.05, 3.63) is 0 Å². The minimum Gasteiger partial charge on any atom is -0.460 e. The van der Waals surface area contributed by atoms with Crippen LogP contribution in [0.25, 0.3) is 0 Å². The minimum absolute atomic E-state index is 0.121. The van der Waals surface area contributed by atoms with Gasteiger partial charge < -0.3 is 15.4 Å². The minimum atomic E-state index is -0.386. The topological polar surface area (TPSA) is 55.6 Å². The number of nitrogens with zero attached hydrogens (tertiary/aromatic N) is 1. The van der Waals surface area contributed by atoms with E-state index in [2.05, 4.69) is 11.8 Å². The fourth-order valence-corrected chi connectivity index (χ4v) is 2.34. The van der Waals surface area contributed by atoms with E-state index in [0.29, 0.717) is 12.3 Å². The van der Waals surface area contributed by atoms with Crippen LogP contribution in [0.1, 0.15) is 40.5 Å². The van der Waals surface area contributed by atoms with E-state index in [4.69, 9.17) is 10.5 Å². The van der Waals surface area contributed by atoms with Crippen LogP contribution in [0.4, 0.5) is 0 Å². The van der Waals surface area contributed by atoms with Gasteiger partial charge in [-0.2, -0.15) is 0 Å². The van der Waals surface area contributed by atoms with Gasteiger partial charge in [0.15, 0.2) is 0 Å². The molecule has 0 aromatic carbocycles. The molecule has 17 heavy (non-hydrogen) atoms. The summed E-state index contributed by atoms with van der Waals surface area (Å²) in [6, 6.07) is 0.248. The van der Waals surface area contributed by atoms with Crippen molar-refractivity contribution in [2.45, 2.75) is 52.2 Å². The maximum atomic E-state index is 11.6. The number of nitrogens with two attached hydrogens (primary N) is 1. The Bertz CT molecular complexity index is 251. The highest BCUT2D eigenvalue weighted by atomic mass is 16.6. The van der Waals surface area contributed by atoms with Crippen LogP contribution in [0.5, 0.6) is 0 Å². The van der Waals surface area contributed by atoms with Crippen LogP contribution in [0.3, 0.4) is 0 Å². The molecule has 0 bridgehead atoms. The summed E-state index contributed by atoms with van der Waals surface area (Å²) in [5.41, 5.74) is 5.58. The molecule has 1 saturated heterocycles. The van der Waals surface area contributed by atoms with Crippen LogP contribution in [0, 0.1) is 5.92 Å². The molecule has 100 valence electrons. The lowest BCUT2D eigenvalue weighted by Crippen LogP contribution is -2.47. The highest BCUT2D eigenvalue weighted by Gasteiger charge is 2.23. The summed E-state index contributed by atoms with van der Waals surface area (Å²) in [6.07, 6.45) is 1.54. The molecule has 0 aromatic heterocycles. The van der Waals surface area contributed by atoms with Crippen LogP contribution in [0.2, 0.25) is 0 Å². The van der Waals surface area contributed by atoms with Gasteiger partial charge in [-0.1, -0.05) is 6.92 Å². The van der Waals surface area contributed by atoms with Crippen molar-refractivity contribution in [1.82, 2.24) is 4.90 Å². The Labute approximate surface area is 104 Å². The SMILES string of the molecule is CC1CC(N)CN(CCC(=O)OC(C)(C)C)C1. The molecular weight excluding hydrogens is 216 g/mol. The fraction of sp³-hybridized carbons (Fsp3) is 0.923. The van der Waals surface area contributed by atoms with Crippen molar-refractivity contribution in [3.63, 3.8) is 0 Å². The smallest absolute Gasteiger partial charge is 0.307 e. The van der Waals surface area contributed by atoms with Gasteiger partial charge >= 0.3 is 5.97 Å². The fourth-order valence-electron chi connectivity index (χ4n) is 2.34. The number of esters is 1. The van der Waals surface area contributed by atoms with Crippen molar-refractivity contribution < 1.29 is 9.53 Å². The summed E-state index contributed by atoms with van der Waals surface area (Å²) in [5, 5.41) is 0. The predicted octanol–water partition coefficient (Wildman–Crippen LogP) is 1.39. The van der Waals surface area contributed by atoms with E-state index in [1.165, 1.54) is 0 Å². The number of hydrogen-bond acceptors (Lipinski definition) is 4. The van der Waals surface area contributed by atoms with Gasteiger partial charge in [-0.05, 0) is 33.1 Å². The van der Waals surface area contributed by atoms with E-state index in [0.717, 1.165) is 26.1 Å². The van der Waals surface area contributed by atoms with Gasteiger partial charge in [0.05, 0.1) is 6.42 Å². The summed E-state index contributed by atoms with van der Waals surface area (Å²) in [6.45, 7) is 10.6. The second kappa shape index (κ2) is 5.83. The second-order valence-corrected chi connectivity index (χ2v) is 6.20. The molecule has 1 rings (SSSR count). The van der Waals surface area contributed by atoms with E-state index in [9.17, 15) is 4.79 Å². The lowest BCUT2D eigenvalue weighted by Gasteiger charge is -2.34. The molecule has 1 heterocycles. The van der Waals surface area contributed by atoms with E-state index in [-0.39, 0.29) is 17.6 Å². The molecule has 0 saturated carbocycles. The van der Waals surface area contributed by atoms with E-state index in [1.54, 1.807) is 0 Å². The molecule has 1 fully saturated rings. The third-order valence-corrected chi connectivity index (χ3v) is 2.82. The predicted molar refractivity (Wildman–Crippen MR) is 68.7 cm³/mol. The summed E-state index contributed by atoms with van der Waals surface area (Å²) in [4.78, 5) is 13.9. The summed E-state index contributed by atoms with van der Waals surface area (Å²) in [5.74, 6) is 0.502. The number of piperidine rings is 1. The van der Waals surface area contributed by atoms with Crippen LogP contribution in [-0.2, 0) is 9.53 Å². The normalized spacial score (nSPS) is 26.9. The largest absolute Gasteiger partial charge is 0.460 e. The molecule has 2 N–H and O–H groups in total. The van der Waals surface area contributed by atoms with Gasteiger partial charge in [0.1, 0.15) is 5.60 Å². The second-order valence-electron chi connectivity index (χ2n) is 6.20. The van der Waals surface area contributed by atoms with Crippen molar-refractivity contribution >= 4 is 5.97 Å². The average molecular weight is 242 g/mol. The molecule has 0 radical (unpaired) electrons. The van der Waals surface area contributed by atoms with Gasteiger partial charge in [-0.3, -0.25) is 4.79 Å². The van der Waals surface area contributed by atoms with Gasteiger partial charge in [-0.25, -0.2) is 0 Å². The number of hydrogen-bond donors (Lipinski definition) is 1. The Balaban J connectivity index is 2.28.